The third-order valence-electron chi connectivity index (χ3n) is 1.21. The van der Waals surface area contributed by atoms with E-state index in [1.165, 1.54) is 0 Å². The normalized spacial score (nSPS) is 9.64. The van der Waals surface area contributed by atoms with Gasteiger partial charge in [-0.25, -0.2) is 4.98 Å². The number of anilines is 1. The molecule has 58 valence electrons. The molecule has 0 fully saturated rings. The van der Waals surface area contributed by atoms with Gasteiger partial charge in [-0.05, 0) is 22.0 Å². The van der Waals surface area contributed by atoms with Gasteiger partial charge in [0.2, 0.25) is 0 Å². The summed E-state index contributed by atoms with van der Waals surface area (Å²) >= 11 is 8.89. The Hall–Kier alpha value is -0.540. The molecule has 0 spiro atoms. The number of nitrogens with zero attached hydrogens (tertiary/aromatic N) is 1. The van der Waals surface area contributed by atoms with E-state index in [1.807, 2.05) is 0 Å². The predicted octanol–water partition coefficient (Wildman–Crippen LogP) is 2.72. The van der Waals surface area contributed by atoms with Crippen LogP contribution in [0.15, 0.2) is 17.1 Å². The van der Waals surface area contributed by atoms with Crippen molar-refractivity contribution in [1.82, 2.24) is 4.98 Å². The molecule has 1 heterocycles. The van der Waals surface area contributed by atoms with Crippen molar-refractivity contribution in [2.75, 3.05) is 5.73 Å². The first-order chi connectivity index (χ1) is 5.15. The van der Waals surface area contributed by atoms with Gasteiger partial charge in [-0.15, -0.1) is 0 Å². The molecule has 2 N–H and O–H groups in total. The Kier molecular flexibility index (Phi) is 2.52. The third kappa shape index (κ3) is 1.73. The molecule has 1 aromatic rings. The number of nitrogen functional groups attached to an aromatic ring is 1. The summed E-state index contributed by atoms with van der Waals surface area (Å²) in [6.45, 7) is 3.58. The van der Waals surface area contributed by atoms with Gasteiger partial charge in [0.05, 0.1) is 4.47 Å². The van der Waals surface area contributed by atoms with Crippen molar-refractivity contribution in [2.45, 2.75) is 0 Å². The lowest BCUT2D eigenvalue weighted by Crippen LogP contribution is -1.94. The molecule has 0 aliphatic carbocycles. The Labute approximate surface area is 78.2 Å². The van der Waals surface area contributed by atoms with Crippen LogP contribution < -0.4 is 5.73 Å². The van der Waals surface area contributed by atoms with Crippen molar-refractivity contribution in [1.29, 1.82) is 0 Å². The van der Waals surface area contributed by atoms with Gasteiger partial charge in [0.1, 0.15) is 11.0 Å². The number of pyridine rings is 1. The van der Waals surface area contributed by atoms with Crippen molar-refractivity contribution >= 4 is 39.4 Å². The van der Waals surface area contributed by atoms with Gasteiger partial charge in [0, 0.05) is 5.56 Å². The summed E-state index contributed by atoms with van der Waals surface area (Å²) in [5.74, 6) is 0.396. The highest BCUT2D eigenvalue weighted by atomic mass is 79.9. The van der Waals surface area contributed by atoms with Crippen LogP contribution in [0.25, 0.3) is 6.08 Å². The molecule has 2 nitrogen and oxygen atoms in total. The van der Waals surface area contributed by atoms with E-state index in [0.717, 1.165) is 10.0 Å². The lowest BCUT2D eigenvalue weighted by molar-refractivity contribution is 1.31. The summed E-state index contributed by atoms with van der Waals surface area (Å²) in [5.41, 5.74) is 6.29. The number of halogens is 2. The second-order valence-electron chi connectivity index (χ2n) is 1.94. The molecular weight excluding hydrogens is 227 g/mol. The molecular formula is C7H6BrClN2. The van der Waals surface area contributed by atoms with E-state index in [1.54, 1.807) is 12.1 Å². The van der Waals surface area contributed by atoms with Crippen LogP contribution in [-0.4, -0.2) is 4.98 Å². The molecule has 0 atom stereocenters. The van der Waals surface area contributed by atoms with E-state index in [2.05, 4.69) is 27.5 Å². The van der Waals surface area contributed by atoms with E-state index in [4.69, 9.17) is 17.3 Å². The molecule has 0 amide bonds. The molecule has 4 heteroatoms. The summed E-state index contributed by atoms with van der Waals surface area (Å²) in [7, 11) is 0. The van der Waals surface area contributed by atoms with E-state index < -0.39 is 0 Å². The second kappa shape index (κ2) is 3.24. The average Bonchev–Trinajstić information content (AvgIpc) is 1.97. The maximum absolute atomic E-state index is 5.67. The van der Waals surface area contributed by atoms with Crippen molar-refractivity contribution in [3.05, 3.63) is 27.8 Å². The number of aromatic nitrogens is 1. The summed E-state index contributed by atoms with van der Waals surface area (Å²) in [6, 6.07) is 1.78. The van der Waals surface area contributed by atoms with E-state index >= 15 is 0 Å². The molecule has 1 aromatic heterocycles. The zero-order valence-electron chi connectivity index (χ0n) is 5.64. The summed E-state index contributed by atoms with van der Waals surface area (Å²) in [6.07, 6.45) is 1.63. The Bertz CT molecular complexity index is 299. The zero-order valence-corrected chi connectivity index (χ0v) is 7.98. The first-order valence-corrected chi connectivity index (χ1v) is 4.06. The number of hydrogen-bond donors (Lipinski definition) is 1. The third-order valence-corrected chi connectivity index (χ3v) is 2.33. The number of nitrogens with two attached hydrogens (primary N) is 1. The van der Waals surface area contributed by atoms with Crippen molar-refractivity contribution in [2.24, 2.45) is 0 Å². The largest absolute Gasteiger partial charge is 0.383 e. The minimum Gasteiger partial charge on any atom is -0.383 e. The fraction of sp³-hybridized carbons (Fsp3) is 0. The van der Waals surface area contributed by atoms with Crippen molar-refractivity contribution in [3.63, 3.8) is 0 Å². The van der Waals surface area contributed by atoms with Gasteiger partial charge in [-0.3, -0.25) is 0 Å². The van der Waals surface area contributed by atoms with E-state index in [-0.39, 0.29) is 0 Å². The molecule has 0 radical (unpaired) electrons. The van der Waals surface area contributed by atoms with Crippen molar-refractivity contribution in [3.8, 4) is 0 Å². The van der Waals surface area contributed by atoms with Crippen LogP contribution >= 0.6 is 27.5 Å². The van der Waals surface area contributed by atoms with Crippen molar-refractivity contribution < 1.29 is 0 Å². The number of hydrogen-bond acceptors (Lipinski definition) is 2. The standard InChI is InChI=1S/C7H6BrClN2/c1-2-4-3-5(8)6(9)11-7(4)10/h2-3H,1H2,(H2,10,11). The molecule has 0 saturated heterocycles. The van der Waals surface area contributed by atoms with Crippen LogP contribution in [0.3, 0.4) is 0 Å². The molecule has 11 heavy (non-hydrogen) atoms. The van der Waals surface area contributed by atoms with Crippen LogP contribution in [-0.2, 0) is 0 Å². The fourth-order valence-corrected chi connectivity index (χ4v) is 1.14. The molecule has 0 aromatic carbocycles. The second-order valence-corrected chi connectivity index (χ2v) is 3.15. The molecule has 0 unspecified atom stereocenters. The average molecular weight is 233 g/mol. The summed E-state index contributed by atoms with van der Waals surface area (Å²) in [5, 5.41) is 0.369. The smallest absolute Gasteiger partial charge is 0.145 e. The monoisotopic (exact) mass is 232 g/mol. The van der Waals surface area contributed by atoms with E-state index in [0.29, 0.717) is 11.0 Å². The topological polar surface area (TPSA) is 38.9 Å². The SMILES string of the molecule is C=Cc1cc(Br)c(Cl)nc1N. The Balaban J connectivity index is 3.31. The molecule has 0 saturated carbocycles. The minimum absolute atomic E-state index is 0.369. The quantitative estimate of drug-likeness (QED) is 0.758. The molecule has 1 rings (SSSR count). The van der Waals surface area contributed by atoms with Gasteiger partial charge >= 0.3 is 0 Å². The van der Waals surface area contributed by atoms with Gasteiger partial charge in [0.15, 0.2) is 0 Å². The van der Waals surface area contributed by atoms with Crippen LogP contribution in [0.4, 0.5) is 5.82 Å². The first kappa shape index (κ1) is 8.56. The Morgan fingerprint density at radius 1 is 1.73 bits per heavy atom. The van der Waals surface area contributed by atoms with Gasteiger partial charge in [-0.1, -0.05) is 24.3 Å². The maximum atomic E-state index is 5.67. The van der Waals surface area contributed by atoms with Gasteiger partial charge in [-0.2, -0.15) is 0 Å². The fourth-order valence-electron chi connectivity index (χ4n) is 0.657. The molecule has 0 bridgehead atoms. The highest BCUT2D eigenvalue weighted by Gasteiger charge is 2.02. The van der Waals surface area contributed by atoms with Gasteiger partial charge in [0.25, 0.3) is 0 Å². The van der Waals surface area contributed by atoms with Crippen LogP contribution in [0.2, 0.25) is 5.15 Å². The minimum atomic E-state index is 0.369. The highest BCUT2D eigenvalue weighted by Crippen LogP contribution is 2.24. The molecule has 0 aliphatic heterocycles. The first-order valence-electron chi connectivity index (χ1n) is 2.89. The maximum Gasteiger partial charge on any atom is 0.145 e. The summed E-state index contributed by atoms with van der Waals surface area (Å²) < 4.78 is 0.725. The van der Waals surface area contributed by atoms with Crippen LogP contribution in [0.1, 0.15) is 5.56 Å². The van der Waals surface area contributed by atoms with Crippen LogP contribution in [0.5, 0.6) is 0 Å². The number of rotatable bonds is 1. The van der Waals surface area contributed by atoms with E-state index in [9.17, 15) is 0 Å². The lowest BCUT2D eigenvalue weighted by atomic mass is 10.2. The molecule has 0 aliphatic rings. The Morgan fingerprint density at radius 2 is 2.36 bits per heavy atom. The van der Waals surface area contributed by atoms with Gasteiger partial charge < -0.3 is 5.73 Å². The lowest BCUT2D eigenvalue weighted by Gasteiger charge is -2.00. The predicted molar refractivity (Wildman–Crippen MR) is 51.5 cm³/mol. The zero-order chi connectivity index (χ0) is 8.43. The van der Waals surface area contributed by atoms with Crippen LogP contribution in [0, 0.1) is 0 Å². The highest BCUT2D eigenvalue weighted by molar-refractivity contribution is 9.10. The summed E-state index contributed by atoms with van der Waals surface area (Å²) in [4.78, 5) is 3.87. The Morgan fingerprint density at radius 3 is 2.91 bits per heavy atom.